The van der Waals surface area contributed by atoms with Crippen molar-refractivity contribution >= 4 is 17.8 Å². The first-order chi connectivity index (χ1) is 11.4. The van der Waals surface area contributed by atoms with E-state index in [0.29, 0.717) is 11.1 Å². The molecule has 0 saturated heterocycles. The molecule has 0 N–H and O–H groups in total. The predicted octanol–water partition coefficient (Wildman–Crippen LogP) is 4.19. The second-order valence-corrected chi connectivity index (χ2v) is 5.69. The Morgan fingerprint density at radius 3 is 2.21 bits per heavy atom. The topological polar surface area (TPSA) is 43.4 Å². The van der Waals surface area contributed by atoms with E-state index in [9.17, 15) is 14.0 Å². The molecule has 2 rings (SSSR count). The zero-order valence-electron chi connectivity index (χ0n) is 13.9. The van der Waals surface area contributed by atoms with Crippen molar-refractivity contribution in [2.75, 3.05) is 6.61 Å². The van der Waals surface area contributed by atoms with Gasteiger partial charge in [0.1, 0.15) is 5.82 Å². The Hall–Kier alpha value is -2.75. The van der Waals surface area contributed by atoms with Crippen LogP contribution in [0.25, 0.3) is 6.08 Å². The molecular formula is C20H19FO3. The second kappa shape index (κ2) is 7.68. The van der Waals surface area contributed by atoms with Crippen molar-refractivity contribution in [1.82, 2.24) is 0 Å². The number of ketones is 1. The summed E-state index contributed by atoms with van der Waals surface area (Å²) in [7, 11) is 0. The highest BCUT2D eigenvalue weighted by molar-refractivity contribution is 6.01. The molecule has 0 spiro atoms. The van der Waals surface area contributed by atoms with Crippen molar-refractivity contribution in [1.29, 1.82) is 0 Å². The molecule has 0 fully saturated rings. The first-order valence-electron chi connectivity index (χ1n) is 7.58. The number of halogens is 1. The van der Waals surface area contributed by atoms with Gasteiger partial charge in [0, 0.05) is 11.6 Å². The SMILES string of the molecule is Cc1cc(C)c(C(=O)COC(=O)/C=C/c2ccc(F)cc2)c(C)c1. The Kier molecular flexibility index (Phi) is 5.64. The summed E-state index contributed by atoms with van der Waals surface area (Å²) in [6, 6.07) is 9.55. The molecule has 3 nitrogen and oxygen atoms in total. The molecule has 2 aromatic rings. The molecule has 0 aromatic heterocycles. The molecule has 24 heavy (non-hydrogen) atoms. The van der Waals surface area contributed by atoms with Crippen LogP contribution in [0.2, 0.25) is 0 Å². The molecule has 4 heteroatoms. The van der Waals surface area contributed by atoms with E-state index in [1.807, 2.05) is 32.9 Å². The van der Waals surface area contributed by atoms with Gasteiger partial charge in [0.2, 0.25) is 5.78 Å². The molecule has 0 heterocycles. The molecule has 0 aliphatic rings. The Bertz CT molecular complexity index is 766. The zero-order chi connectivity index (χ0) is 17.7. The molecule has 0 atom stereocenters. The van der Waals surface area contributed by atoms with Gasteiger partial charge in [-0.1, -0.05) is 29.8 Å². The fourth-order valence-corrected chi connectivity index (χ4v) is 2.61. The number of hydrogen-bond donors (Lipinski definition) is 0. The smallest absolute Gasteiger partial charge is 0.331 e. The lowest BCUT2D eigenvalue weighted by Gasteiger charge is -2.10. The normalized spacial score (nSPS) is 10.8. The van der Waals surface area contributed by atoms with Crippen LogP contribution in [0, 0.1) is 26.6 Å². The number of carbonyl (C=O) groups is 2. The fraction of sp³-hybridized carbons (Fsp3) is 0.200. The highest BCUT2D eigenvalue weighted by Gasteiger charge is 2.14. The number of benzene rings is 2. The Balaban J connectivity index is 1.96. The predicted molar refractivity (Wildman–Crippen MR) is 91.4 cm³/mol. The van der Waals surface area contributed by atoms with E-state index in [-0.39, 0.29) is 18.2 Å². The number of hydrogen-bond acceptors (Lipinski definition) is 3. The van der Waals surface area contributed by atoms with Crippen LogP contribution >= 0.6 is 0 Å². The van der Waals surface area contributed by atoms with Gasteiger partial charge >= 0.3 is 5.97 Å². The number of aryl methyl sites for hydroxylation is 3. The minimum Gasteiger partial charge on any atom is -0.454 e. The quantitative estimate of drug-likeness (QED) is 0.470. The number of esters is 1. The highest BCUT2D eigenvalue weighted by Crippen LogP contribution is 2.17. The molecule has 0 saturated carbocycles. The third kappa shape index (κ3) is 4.62. The van der Waals surface area contributed by atoms with Crippen LogP contribution in [0.5, 0.6) is 0 Å². The summed E-state index contributed by atoms with van der Waals surface area (Å²) >= 11 is 0. The van der Waals surface area contributed by atoms with Gasteiger partial charge in [-0.25, -0.2) is 9.18 Å². The first kappa shape index (κ1) is 17.6. The lowest BCUT2D eigenvalue weighted by Crippen LogP contribution is -2.15. The molecular weight excluding hydrogens is 307 g/mol. The van der Waals surface area contributed by atoms with Crippen LogP contribution in [0.3, 0.4) is 0 Å². The number of Topliss-reactive ketones (excluding diaryl/α,β-unsaturated/α-hetero) is 1. The van der Waals surface area contributed by atoms with Crippen molar-refractivity contribution in [3.8, 4) is 0 Å². The van der Waals surface area contributed by atoms with E-state index >= 15 is 0 Å². The van der Waals surface area contributed by atoms with E-state index in [4.69, 9.17) is 4.74 Å². The van der Waals surface area contributed by atoms with E-state index < -0.39 is 5.97 Å². The van der Waals surface area contributed by atoms with E-state index in [1.54, 1.807) is 12.1 Å². The molecule has 0 bridgehead atoms. The van der Waals surface area contributed by atoms with Crippen LogP contribution in [-0.4, -0.2) is 18.4 Å². The Morgan fingerprint density at radius 1 is 1.04 bits per heavy atom. The number of ether oxygens (including phenoxy) is 1. The lowest BCUT2D eigenvalue weighted by molar-refractivity contribution is -0.136. The standard InChI is InChI=1S/C20H19FO3/c1-13-10-14(2)20(15(3)11-13)18(22)12-24-19(23)9-6-16-4-7-17(21)8-5-16/h4-11H,12H2,1-3H3/b9-6+. The summed E-state index contributed by atoms with van der Waals surface area (Å²) < 4.78 is 17.8. The minimum absolute atomic E-state index is 0.228. The van der Waals surface area contributed by atoms with Gasteiger partial charge in [-0.15, -0.1) is 0 Å². The van der Waals surface area contributed by atoms with Crippen LogP contribution < -0.4 is 0 Å². The maximum Gasteiger partial charge on any atom is 0.331 e. The van der Waals surface area contributed by atoms with Gasteiger partial charge in [-0.3, -0.25) is 4.79 Å². The van der Waals surface area contributed by atoms with Crippen molar-refractivity contribution in [3.05, 3.63) is 76.1 Å². The van der Waals surface area contributed by atoms with Crippen LogP contribution in [0.1, 0.15) is 32.6 Å². The van der Waals surface area contributed by atoms with Crippen molar-refractivity contribution < 1.29 is 18.7 Å². The van der Waals surface area contributed by atoms with Crippen molar-refractivity contribution in [2.45, 2.75) is 20.8 Å². The second-order valence-electron chi connectivity index (χ2n) is 5.69. The third-order valence-electron chi connectivity index (χ3n) is 3.58. The number of rotatable bonds is 5. The summed E-state index contributed by atoms with van der Waals surface area (Å²) in [6.45, 7) is 5.39. The van der Waals surface area contributed by atoms with Gasteiger partial charge in [-0.2, -0.15) is 0 Å². The largest absolute Gasteiger partial charge is 0.454 e. The molecule has 0 aliphatic heterocycles. The summed E-state index contributed by atoms with van der Waals surface area (Å²) in [5.41, 5.74) is 4.09. The maximum absolute atomic E-state index is 12.8. The van der Waals surface area contributed by atoms with Crippen LogP contribution in [0.15, 0.2) is 42.5 Å². The van der Waals surface area contributed by atoms with Gasteiger partial charge < -0.3 is 4.74 Å². The molecule has 124 valence electrons. The molecule has 0 amide bonds. The molecule has 0 unspecified atom stereocenters. The summed E-state index contributed by atoms with van der Waals surface area (Å²) in [6.07, 6.45) is 2.73. The van der Waals surface area contributed by atoms with Crippen LogP contribution in [-0.2, 0) is 9.53 Å². The molecule has 0 radical (unpaired) electrons. The van der Waals surface area contributed by atoms with E-state index in [2.05, 4.69) is 0 Å². The van der Waals surface area contributed by atoms with Crippen molar-refractivity contribution in [3.63, 3.8) is 0 Å². The highest BCUT2D eigenvalue weighted by atomic mass is 19.1. The average molecular weight is 326 g/mol. The van der Waals surface area contributed by atoms with Crippen LogP contribution in [0.4, 0.5) is 4.39 Å². The van der Waals surface area contributed by atoms with Gasteiger partial charge in [0.05, 0.1) is 0 Å². The first-order valence-corrected chi connectivity index (χ1v) is 7.58. The average Bonchev–Trinajstić information content (AvgIpc) is 2.51. The molecule has 0 aliphatic carbocycles. The summed E-state index contributed by atoms with van der Waals surface area (Å²) in [4.78, 5) is 24.0. The summed E-state index contributed by atoms with van der Waals surface area (Å²) in [5, 5.41) is 0. The van der Waals surface area contributed by atoms with E-state index in [1.165, 1.54) is 24.3 Å². The van der Waals surface area contributed by atoms with E-state index in [0.717, 1.165) is 16.7 Å². The maximum atomic E-state index is 12.8. The van der Waals surface area contributed by atoms with Crippen molar-refractivity contribution in [2.24, 2.45) is 0 Å². The van der Waals surface area contributed by atoms with Gasteiger partial charge in [0.15, 0.2) is 6.61 Å². The third-order valence-corrected chi connectivity index (χ3v) is 3.58. The fourth-order valence-electron chi connectivity index (χ4n) is 2.61. The monoisotopic (exact) mass is 326 g/mol. The number of carbonyl (C=O) groups excluding carboxylic acids is 2. The summed E-state index contributed by atoms with van der Waals surface area (Å²) in [5.74, 6) is -1.19. The minimum atomic E-state index is -0.616. The molecule has 2 aromatic carbocycles. The lowest BCUT2D eigenvalue weighted by atomic mass is 9.97. The Morgan fingerprint density at radius 2 is 1.62 bits per heavy atom. The Labute approximate surface area is 140 Å². The van der Waals surface area contributed by atoms with Gasteiger partial charge in [-0.05, 0) is 55.7 Å². The zero-order valence-corrected chi connectivity index (χ0v) is 13.9. The van der Waals surface area contributed by atoms with Gasteiger partial charge in [0.25, 0.3) is 0 Å².